The van der Waals surface area contributed by atoms with Crippen molar-refractivity contribution < 1.29 is 24.6 Å². The molecular weight excluding hydrogens is 370 g/mol. The first-order valence-corrected chi connectivity index (χ1v) is 10.2. The highest BCUT2D eigenvalue weighted by Crippen LogP contribution is 2.58. The molecule has 1 aromatic rings. The first-order valence-electron chi connectivity index (χ1n) is 10.2. The second-order valence-electron chi connectivity index (χ2n) is 9.23. The molecule has 2 aliphatic rings. The van der Waals surface area contributed by atoms with Gasteiger partial charge in [-0.3, -0.25) is 14.4 Å². The zero-order valence-corrected chi connectivity index (χ0v) is 18.1. The van der Waals surface area contributed by atoms with Crippen LogP contribution in [0.2, 0.25) is 0 Å². The van der Waals surface area contributed by atoms with Crippen molar-refractivity contribution in [3.63, 3.8) is 0 Å². The first kappa shape index (κ1) is 23.1. The Hall–Kier alpha value is -2.21. The number of amides is 2. The highest BCUT2D eigenvalue weighted by atomic mass is 16.4. The molecule has 2 bridgehead atoms. The predicted molar refractivity (Wildman–Crippen MR) is 111 cm³/mol. The molecule has 0 aromatic heterocycles. The number of carboxylic acid groups (broad SMARTS) is 1. The minimum absolute atomic E-state index is 0.252. The number of rotatable bonds is 5. The van der Waals surface area contributed by atoms with E-state index in [9.17, 15) is 19.5 Å². The van der Waals surface area contributed by atoms with Crippen molar-refractivity contribution in [1.82, 2.24) is 0 Å². The smallest absolute Gasteiger partial charge is 0.309 e. The van der Waals surface area contributed by atoms with E-state index >= 15 is 0 Å². The van der Waals surface area contributed by atoms with Gasteiger partial charge in [0.15, 0.2) is 0 Å². The van der Waals surface area contributed by atoms with Crippen molar-refractivity contribution >= 4 is 23.5 Å². The van der Waals surface area contributed by atoms with Gasteiger partial charge in [-0.05, 0) is 56.7 Å². The fourth-order valence-corrected chi connectivity index (χ4v) is 5.28. The first-order chi connectivity index (χ1) is 13.5. The molecule has 6 heteroatoms. The Morgan fingerprint density at radius 2 is 1.45 bits per heavy atom. The minimum atomic E-state index is -1.07. The van der Waals surface area contributed by atoms with Gasteiger partial charge in [0.05, 0.1) is 11.1 Å². The number of fused-ring (bicyclic) bond motifs is 2. The third-order valence-electron chi connectivity index (χ3n) is 6.31. The van der Waals surface area contributed by atoms with E-state index in [4.69, 9.17) is 5.11 Å². The third-order valence-corrected chi connectivity index (χ3v) is 6.31. The van der Waals surface area contributed by atoms with E-state index in [0.717, 1.165) is 26.4 Å². The van der Waals surface area contributed by atoms with Gasteiger partial charge in [-0.25, -0.2) is 4.90 Å². The van der Waals surface area contributed by atoms with Gasteiger partial charge < -0.3 is 10.2 Å². The van der Waals surface area contributed by atoms with E-state index in [1.165, 1.54) is 10.5 Å². The van der Waals surface area contributed by atoms with Gasteiger partial charge in [0.25, 0.3) is 0 Å². The number of unbranched alkanes of at least 4 members (excludes halogenated alkanes) is 1. The molecule has 2 fully saturated rings. The molecule has 6 nitrogen and oxygen atoms in total. The second kappa shape index (κ2) is 8.27. The van der Waals surface area contributed by atoms with Gasteiger partial charge in [-0.1, -0.05) is 39.3 Å². The lowest BCUT2D eigenvalue weighted by Gasteiger charge is -2.55. The number of hydrogen-bond acceptors (Lipinski definition) is 4. The Kier molecular flexibility index (Phi) is 6.58. The van der Waals surface area contributed by atoms with Crippen molar-refractivity contribution in [1.29, 1.82) is 0 Å². The van der Waals surface area contributed by atoms with Crippen LogP contribution in [-0.2, 0) is 20.8 Å². The maximum Gasteiger partial charge on any atom is 0.309 e. The van der Waals surface area contributed by atoms with E-state index in [1.54, 1.807) is 6.92 Å². The number of aliphatic hydroxyl groups excluding tert-OH is 1. The number of carboxylic acids is 1. The lowest BCUT2D eigenvalue weighted by Crippen LogP contribution is -2.64. The lowest BCUT2D eigenvalue weighted by molar-refractivity contribution is -0.167. The Balaban J connectivity index is 0.00000145. The number of hydrogen-bond donors (Lipinski definition) is 2. The topological polar surface area (TPSA) is 94.9 Å². The normalized spacial score (nSPS) is 31.2. The van der Waals surface area contributed by atoms with Crippen molar-refractivity contribution in [2.45, 2.75) is 66.2 Å². The molecule has 0 radical (unpaired) electrons. The Labute approximate surface area is 172 Å². The summed E-state index contributed by atoms with van der Waals surface area (Å²) >= 11 is 0. The van der Waals surface area contributed by atoms with Gasteiger partial charge in [-0.2, -0.15) is 0 Å². The maximum absolute atomic E-state index is 13.3. The summed E-state index contributed by atoms with van der Waals surface area (Å²) < 4.78 is 0. The van der Waals surface area contributed by atoms with Crippen LogP contribution >= 0.6 is 0 Å². The minimum Gasteiger partial charge on any atom is -0.481 e. The number of piperidine rings is 1. The molecule has 1 unspecified atom stereocenters. The van der Waals surface area contributed by atoms with E-state index in [-0.39, 0.29) is 24.7 Å². The van der Waals surface area contributed by atoms with Crippen LogP contribution in [0.5, 0.6) is 0 Å². The molecule has 2 N–H and O–H groups in total. The number of nitrogens with zero attached hydrogens (tertiary/aromatic N) is 1. The van der Waals surface area contributed by atoms with Crippen molar-refractivity contribution in [3.8, 4) is 0 Å². The van der Waals surface area contributed by atoms with E-state index < -0.39 is 22.2 Å². The van der Waals surface area contributed by atoms with E-state index in [1.807, 2.05) is 38.1 Å². The molecule has 160 valence electrons. The molecule has 2 amide bonds. The van der Waals surface area contributed by atoms with Gasteiger partial charge in [0.2, 0.25) is 11.8 Å². The standard InChI is InChI=1S/C22H29NO4.CH4O/c1-5-6-7-15-8-10-16(11-9-15)23-17(24)20(2)12-21(3,18(23)25)14-22(4,13-20)19(26)27;1-2/h8-11H,5-7,12-14H2,1-4H3,(H,26,27);2H,1H3/t20-,21+,22?;. The number of carbonyl (C=O) groups is 3. The van der Waals surface area contributed by atoms with E-state index in [0.29, 0.717) is 12.1 Å². The van der Waals surface area contributed by atoms with Crippen LogP contribution in [0.1, 0.15) is 65.4 Å². The number of aliphatic carboxylic acids is 1. The highest BCUT2D eigenvalue weighted by molar-refractivity contribution is 6.20. The number of aryl methyl sites for hydroxylation is 1. The van der Waals surface area contributed by atoms with Crippen molar-refractivity contribution in [3.05, 3.63) is 29.8 Å². The van der Waals surface area contributed by atoms with Crippen LogP contribution in [0.3, 0.4) is 0 Å². The fraction of sp³-hybridized carbons (Fsp3) is 0.609. The van der Waals surface area contributed by atoms with Crippen LogP contribution in [-0.4, -0.2) is 35.1 Å². The monoisotopic (exact) mass is 403 g/mol. The van der Waals surface area contributed by atoms with Crippen LogP contribution in [0.4, 0.5) is 5.69 Å². The second-order valence-corrected chi connectivity index (χ2v) is 9.23. The average molecular weight is 404 g/mol. The molecule has 1 heterocycles. The summed E-state index contributed by atoms with van der Waals surface area (Å²) in [5.74, 6) is -1.49. The SMILES string of the molecule is CCCCc1ccc(N2C(=O)[C@@]3(C)CC(C)(C(=O)O)C[C@](C)(C3)C2=O)cc1.CO. The molecule has 3 atom stereocenters. The average Bonchev–Trinajstić information content (AvgIpc) is 2.67. The molecular formula is C23H33NO5. The molecule has 1 saturated heterocycles. The van der Waals surface area contributed by atoms with Crippen molar-refractivity contribution in [2.75, 3.05) is 12.0 Å². The predicted octanol–water partition coefficient (Wildman–Crippen LogP) is 3.80. The van der Waals surface area contributed by atoms with Gasteiger partial charge in [-0.15, -0.1) is 0 Å². The Morgan fingerprint density at radius 1 is 0.966 bits per heavy atom. The molecule has 3 rings (SSSR count). The molecule has 1 aliphatic heterocycles. The van der Waals surface area contributed by atoms with Crippen LogP contribution in [0, 0.1) is 16.2 Å². The zero-order chi connectivity index (χ0) is 22.0. The quantitative estimate of drug-likeness (QED) is 0.729. The van der Waals surface area contributed by atoms with Crippen LogP contribution in [0.15, 0.2) is 24.3 Å². The molecule has 1 aliphatic carbocycles. The molecule has 1 saturated carbocycles. The van der Waals surface area contributed by atoms with Gasteiger partial charge in [0, 0.05) is 17.9 Å². The zero-order valence-electron chi connectivity index (χ0n) is 18.1. The summed E-state index contributed by atoms with van der Waals surface area (Å²) in [7, 11) is 1.00. The van der Waals surface area contributed by atoms with Gasteiger partial charge in [0.1, 0.15) is 0 Å². The van der Waals surface area contributed by atoms with Crippen molar-refractivity contribution in [2.24, 2.45) is 16.2 Å². The fourth-order valence-electron chi connectivity index (χ4n) is 5.28. The lowest BCUT2D eigenvalue weighted by atomic mass is 9.52. The summed E-state index contributed by atoms with van der Waals surface area (Å²) in [6.45, 7) is 7.42. The van der Waals surface area contributed by atoms with Crippen LogP contribution < -0.4 is 4.90 Å². The van der Waals surface area contributed by atoms with Gasteiger partial charge >= 0.3 is 5.97 Å². The summed E-state index contributed by atoms with van der Waals surface area (Å²) in [5.41, 5.74) is -0.998. The summed E-state index contributed by atoms with van der Waals surface area (Å²) in [6.07, 6.45) is 4.11. The Bertz CT molecular complexity index is 757. The highest BCUT2D eigenvalue weighted by Gasteiger charge is 2.63. The number of benzene rings is 1. The number of carbonyl (C=O) groups excluding carboxylic acids is 2. The molecule has 1 aromatic carbocycles. The molecule has 0 spiro atoms. The largest absolute Gasteiger partial charge is 0.481 e. The summed E-state index contributed by atoms with van der Waals surface area (Å²) in [4.78, 5) is 39.7. The number of anilines is 1. The third kappa shape index (κ3) is 4.08. The summed E-state index contributed by atoms with van der Waals surface area (Å²) in [5, 5.41) is 16.7. The van der Waals surface area contributed by atoms with E-state index in [2.05, 4.69) is 6.92 Å². The number of aliphatic hydroxyl groups is 1. The summed E-state index contributed by atoms with van der Waals surface area (Å²) in [6, 6.07) is 7.62. The number of imide groups is 1. The van der Waals surface area contributed by atoms with Crippen LogP contribution in [0.25, 0.3) is 0 Å². The molecule has 29 heavy (non-hydrogen) atoms. The Morgan fingerprint density at radius 3 is 1.86 bits per heavy atom. The maximum atomic E-state index is 13.3.